The van der Waals surface area contributed by atoms with Gasteiger partial charge in [-0.15, -0.1) is 0 Å². The van der Waals surface area contributed by atoms with Gasteiger partial charge in [0, 0.05) is 62.3 Å². The quantitative estimate of drug-likeness (QED) is 0.305. The van der Waals surface area contributed by atoms with Crippen LogP contribution in [-0.2, 0) is 17.8 Å². The summed E-state index contributed by atoms with van der Waals surface area (Å²) in [6.45, 7) is 14.7. The molecule has 0 bridgehead atoms. The second-order valence-corrected chi connectivity index (χ2v) is 14.1. The Morgan fingerprint density at radius 1 is 0.978 bits per heavy atom. The lowest BCUT2D eigenvalue weighted by Crippen LogP contribution is -2.44. The van der Waals surface area contributed by atoms with Crippen LogP contribution in [0.1, 0.15) is 67.9 Å². The number of aromatic nitrogens is 1. The van der Waals surface area contributed by atoms with E-state index in [2.05, 4.69) is 39.2 Å². The first-order valence-corrected chi connectivity index (χ1v) is 16.7. The van der Waals surface area contributed by atoms with Crippen molar-refractivity contribution in [3.05, 3.63) is 52.0 Å². The number of likely N-dealkylation sites (N-methyl/N-ethyl adjacent to an activating group) is 1. The van der Waals surface area contributed by atoms with Crippen LogP contribution in [0.5, 0.6) is 5.75 Å². The molecule has 242 valence electrons. The zero-order valence-corrected chi connectivity index (χ0v) is 27.8. The third-order valence-corrected chi connectivity index (χ3v) is 9.44. The maximum Gasteiger partial charge on any atom is 0.419 e. The van der Waals surface area contributed by atoms with Gasteiger partial charge in [0.2, 0.25) is 0 Å². The van der Waals surface area contributed by atoms with Crippen molar-refractivity contribution < 1.29 is 19.1 Å². The number of fused-ring (bicyclic) bond motifs is 2. The highest BCUT2D eigenvalue weighted by atomic mass is 35.5. The standard InChI is InChI=1S/C35H46ClN5O4/c1-35(2,3)45-34(43)41-28-10-9-24(23-40-11-6-5-7-12-40)19-25(28)20-29(41)26-21-30(32(36)27-22-37-33(42)31(26)27)44-18-8-13-39-16-14-38(4)15-17-39/h9-10,19-21H,5-8,11-18,22-23H2,1-4H3,(H,37,42). The summed E-state index contributed by atoms with van der Waals surface area (Å²) in [5.41, 5.74) is 3.60. The van der Waals surface area contributed by atoms with Crippen LogP contribution in [0.4, 0.5) is 4.79 Å². The topological polar surface area (TPSA) is 79.3 Å². The number of rotatable bonds is 8. The van der Waals surface area contributed by atoms with Crippen molar-refractivity contribution in [1.29, 1.82) is 0 Å². The van der Waals surface area contributed by atoms with Gasteiger partial charge >= 0.3 is 6.09 Å². The van der Waals surface area contributed by atoms with Gasteiger partial charge in [0.05, 0.1) is 28.4 Å². The van der Waals surface area contributed by atoms with E-state index in [0.717, 1.165) is 69.7 Å². The SMILES string of the molecule is CN1CCN(CCCOc2cc(-c3cc4cc(CN5CCCCC5)ccc4n3C(=O)OC(C)(C)C)c3c(c2Cl)CNC3=O)CC1. The van der Waals surface area contributed by atoms with Gasteiger partial charge in [0.25, 0.3) is 5.91 Å². The zero-order valence-electron chi connectivity index (χ0n) is 27.1. The molecule has 1 N–H and O–H groups in total. The van der Waals surface area contributed by atoms with E-state index in [4.69, 9.17) is 21.1 Å². The van der Waals surface area contributed by atoms with Gasteiger partial charge in [-0.3, -0.25) is 9.69 Å². The lowest BCUT2D eigenvalue weighted by molar-refractivity contribution is 0.0546. The van der Waals surface area contributed by atoms with Crippen LogP contribution in [-0.4, -0.2) is 96.3 Å². The monoisotopic (exact) mass is 635 g/mol. The summed E-state index contributed by atoms with van der Waals surface area (Å²) in [5, 5.41) is 4.29. The first kappa shape index (κ1) is 31.9. The minimum absolute atomic E-state index is 0.213. The van der Waals surface area contributed by atoms with E-state index in [9.17, 15) is 9.59 Å². The Morgan fingerprint density at radius 3 is 2.47 bits per heavy atom. The Morgan fingerprint density at radius 2 is 1.73 bits per heavy atom. The normalized spacial score (nSPS) is 18.3. The van der Waals surface area contributed by atoms with Gasteiger partial charge in [-0.2, -0.15) is 0 Å². The number of ether oxygens (including phenoxy) is 2. The van der Waals surface area contributed by atoms with Gasteiger partial charge in [-0.1, -0.05) is 24.1 Å². The number of halogens is 1. The molecular weight excluding hydrogens is 590 g/mol. The van der Waals surface area contributed by atoms with Crippen LogP contribution in [0.15, 0.2) is 30.3 Å². The van der Waals surface area contributed by atoms with Crippen molar-refractivity contribution in [3.8, 4) is 17.0 Å². The second-order valence-electron chi connectivity index (χ2n) is 13.7. The Balaban J connectivity index is 1.35. The van der Waals surface area contributed by atoms with Crippen molar-refractivity contribution in [2.24, 2.45) is 0 Å². The summed E-state index contributed by atoms with van der Waals surface area (Å²) in [7, 11) is 2.16. The fourth-order valence-electron chi connectivity index (χ4n) is 6.66. The molecule has 1 aromatic heterocycles. The second kappa shape index (κ2) is 13.3. The van der Waals surface area contributed by atoms with Crippen molar-refractivity contribution in [2.45, 2.75) is 65.1 Å². The van der Waals surface area contributed by atoms with E-state index in [0.29, 0.717) is 46.3 Å². The highest BCUT2D eigenvalue weighted by Gasteiger charge is 2.32. The van der Waals surface area contributed by atoms with E-state index in [1.54, 1.807) is 4.57 Å². The highest BCUT2D eigenvalue weighted by Crippen LogP contribution is 2.42. The van der Waals surface area contributed by atoms with Crippen LogP contribution in [0.25, 0.3) is 22.2 Å². The van der Waals surface area contributed by atoms with Crippen LogP contribution in [0.3, 0.4) is 0 Å². The number of nitrogens with zero attached hydrogens (tertiary/aromatic N) is 4. The summed E-state index contributed by atoms with van der Waals surface area (Å²) in [6, 6.07) is 10.1. The number of carbonyl (C=O) groups excluding carboxylic acids is 2. The molecule has 6 rings (SSSR count). The van der Waals surface area contributed by atoms with Crippen molar-refractivity contribution in [2.75, 3.05) is 59.5 Å². The molecule has 3 aliphatic rings. The molecule has 0 atom stereocenters. The number of carbonyl (C=O) groups is 2. The number of hydrogen-bond donors (Lipinski definition) is 1. The Kier molecular flexibility index (Phi) is 9.43. The lowest BCUT2D eigenvalue weighted by Gasteiger charge is -2.32. The van der Waals surface area contributed by atoms with Crippen molar-refractivity contribution >= 4 is 34.5 Å². The number of amides is 1. The molecule has 10 heteroatoms. The molecule has 3 aliphatic heterocycles. The van der Waals surface area contributed by atoms with Crippen LogP contribution < -0.4 is 10.1 Å². The molecule has 3 aromatic rings. The van der Waals surface area contributed by atoms with Crippen LogP contribution in [0, 0.1) is 0 Å². The van der Waals surface area contributed by atoms with Gasteiger partial charge in [-0.05, 0) is 90.0 Å². The molecule has 45 heavy (non-hydrogen) atoms. The third kappa shape index (κ3) is 7.17. The number of hydrogen-bond acceptors (Lipinski definition) is 7. The molecule has 2 fully saturated rings. The average molecular weight is 636 g/mol. The molecule has 0 unspecified atom stereocenters. The fraction of sp³-hybridized carbons (Fsp3) is 0.543. The van der Waals surface area contributed by atoms with Gasteiger partial charge in [0.15, 0.2) is 0 Å². The Hall–Kier alpha value is -3.11. The number of piperazine rings is 1. The van der Waals surface area contributed by atoms with E-state index in [-0.39, 0.29) is 5.91 Å². The number of piperidine rings is 1. The molecule has 0 saturated carbocycles. The molecule has 1 amide bonds. The summed E-state index contributed by atoms with van der Waals surface area (Å²) in [6.07, 6.45) is 4.12. The van der Waals surface area contributed by atoms with E-state index in [1.165, 1.54) is 24.8 Å². The van der Waals surface area contributed by atoms with E-state index < -0.39 is 11.7 Å². The fourth-order valence-corrected chi connectivity index (χ4v) is 6.93. The maximum absolute atomic E-state index is 13.8. The van der Waals surface area contributed by atoms with Gasteiger partial charge < -0.3 is 24.6 Å². The van der Waals surface area contributed by atoms with Crippen LogP contribution in [0.2, 0.25) is 5.02 Å². The number of nitrogens with one attached hydrogen (secondary N) is 1. The minimum Gasteiger partial charge on any atom is -0.492 e. The summed E-state index contributed by atoms with van der Waals surface area (Å²) >= 11 is 6.87. The summed E-state index contributed by atoms with van der Waals surface area (Å²) in [4.78, 5) is 34.3. The van der Waals surface area contributed by atoms with Crippen LogP contribution >= 0.6 is 11.6 Å². The first-order chi connectivity index (χ1) is 21.6. The maximum atomic E-state index is 13.8. The Bertz CT molecular complexity index is 1560. The summed E-state index contributed by atoms with van der Waals surface area (Å²) < 4.78 is 13.8. The molecule has 0 spiro atoms. The Labute approximate surface area is 271 Å². The molecule has 2 aromatic carbocycles. The molecule has 9 nitrogen and oxygen atoms in total. The zero-order chi connectivity index (χ0) is 31.7. The molecule has 0 aliphatic carbocycles. The molecular formula is C35H46ClN5O4. The number of benzene rings is 2. The third-order valence-electron chi connectivity index (χ3n) is 9.03. The predicted octanol–water partition coefficient (Wildman–Crippen LogP) is 5.99. The van der Waals surface area contributed by atoms with E-state index >= 15 is 0 Å². The summed E-state index contributed by atoms with van der Waals surface area (Å²) in [5.74, 6) is 0.308. The van der Waals surface area contributed by atoms with E-state index in [1.807, 2.05) is 39.0 Å². The predicted molar refractivity (Wildman–Crippen MR) is 178 cm³/mol. The van der Waals surface area contributed by atoms with Crippen molar-refractivity contribution in [1.82, 2.24) is 24.6 Å². The minimum atomic E-state index is -0.698. The van der Waals surface area contributed by atoms with Crippen molar-refractivity contribution in [3.63, 3.8) is 0 Å². The smallest absolute Gasteiger partial charge is 0.419 e. The lowest BCUT2D eigenvalue weighted by atomic mass is 9.99. The molecule has 2 saturated heterocycles. The molecule has 0 radical (unpaired) electrons. The highest BCUT2D eigenvalue weighted by molar-refractivity contribution is 6.34. The van der Waals surface area contributed by atoms with Gasteiger partial charge in [-0.25, -0.2) is 9.36 Å². The van der Waals surface area contributed by atoms with Gasteiger partial charge in [0.1, 0.15) is 11.4 Å². The average Bonchev–Trinajstić information content (AvgIpc) is 3.58. The number of likely N-dealkylation sites (tertiary alicyclic amines) is 1. The first-order valence-electron chi connectivity index (χ1n) is 16.3. The molecule has 4 heterocycles. The largest absolute Gasteiger partial charge is 0.492 e.